The maximum atomic E-state index is 9.78. The summed E-state index contributed by atoms with van der Waals surface area (Å²) < 4.78 is 0. The number of pyridine rings is 2. The normalized spacial score (nSPS) is 11.0. The van der Waals surface area contributed by atoms with Gasteiger partial charge in [0.1, 0.15) is 11.8 Å². The minimum atomic E-state index is 0.325. The molecule has 0 aliphatic heterocycles. The van der Waals surface area contributed by atoms with Crippen LogP contribution in [0.3, 0.4) is 0 Å². The van der Waals surface area contributed by atoms with Gasteiger partial charge in [0.2, 0.25) is 0 Å². The molecule has 0 saturated heterocycles. The number of benzene rings is 1. The second kappa shape index (κ2) is 7.21. The molecule has 3 nitrogen and oxygen atoms in total. The SMILES string of the molecule is CCC(CC)c1c(-c2cccnc2C)c(C#N)nc2ccc(Cl)cc12. The first-order chi connectivity index (χ1) is 12.1. The molecule has 126 valence electrons. The van der Waals surface area contributed by atoms with E-state index < -0.39 is 0 Å². The molecule has 3 aromatic rings. The van der Waals surface area contributed by atoms with E-state index in [9.17, 15) is 5.26 Å². The van der Waals surface area contributed by atoms with Crippen LogP contribution in [0.2, 0.25) is 5.02 Å². The lowest BCUT2D eigenvalue weighted by atomic mass is 9.83. The summed E-state index contributed by atoms with van der Waals surface area (Å²) in [6, 6.07) is 11.9. The van der Waals surface area contributed by atoms with Crippen molar-refractivity contribution < 1.29 is 0 Å². The molecule has 0 spiro atoms. The van der Waals surface area contributed by atoms with Gasteiger partial charge < -0.3 is 0 Å². The number of hydrogen-bond donors (Lipinski definition) is 0. The van der Waals surface area contributed by atoms with Crippen LogP contribution >= 0.6 is 11.6 Å². The highest BCUT2D eigenvalue weighted by Crippen LogP contribution is 2.40. The van der Waals surface area contributed by atoms with Gasteiger partial charge in [-0.1, -0.05) is 31.5 Å². The third kappa shape index (κ3) is 3.10. The van der Waals surface area contributed by atoms with Crippen molar-refractivity contribution in [3.05, 3.63) is 58.5 Å². The summed E-state index contributed by atoms with van der Waals surface area (Å²) in [5, 5.41) is 11.5. The fraction of sp³-hybridized carbons (Fsp3) is 0.286. The molecule has 3 rings (SSSR count). The van der Waals surface area contributed by atoms with Gasteiger partial charge in [0.05, 0.1) is 5.52 Å². The van der Waals surface area contributed by atoms with E-state index in [0.29, 0.717) is 16.6 Å². The molecule has 2 heterocycles. The molecule has 0 bridgehead atoms. The lowest BCUT2D eigenvalue weighted by Gasteiger charge is -2.22. The maximum Gasteiger partial charge on any atom is 0.149 e. The van der Waals surface area contributed by atoms with E-state index in [2.05, 4.69) is 29.9 Å². The van der Waals surface area contributed by atoms with Gasteiger partial charge in [-0.05, 0) is 55.5 Å². The highest BCUT2D eigenvalue weighted by molar-refractivity contribution is 6.31. The minimum Gasteiger partial charge on any atom is -0.261 e. The lowest BCUT2D eigenvalue weighted by molar-refractivity contribution is 0.647. The second-order valence-electron chi connectivity index (χ2n) is 6.17. The van der Waals surface area contributed by atoms with Crippen molar-refractivity contribution in [2.24, 2.45) is 0 Å². The Morgan fingerprint density at radius 1 is 1.20 bits per heavy atom. The fourth-order valence-electron chi connectivity index (χ4n) is 3.48. The smallest absolute Gasteiger partial charge is 0.149 e. The largest absolute Gasteiger partial charge is 0.261 e. The van der Waals surface area contributed by atoms with Crippen molar-refractivity contribution in [2.45, 2.75) is 39.5 Å². The van der Waals surface area contributed by atoms with Crippen LogP contribution in [-0.4, -0.2) is 9.97 Å². The fourth-order valence-corrected chi connectivity index (χ4v) is 3.66. The minimum absolute atomic E-state index is 0.325. The molecule has 0 saturated carbocycles. The summed E-state index contributed by atoms with van der Waals surface area (Å²) in [6.07, 6.45) is 3.74. The summed E-state index contributed by atoms with van der Waals surface area (Å²) in [5.74, 6) is 0.325. The summed E-state index contributed by atoms with van der Waals surface area (Å²) in [4.78, 5) is 9.03. The molecule has 0 unspecified atom stereocenters. The average molecular weight is 350 g/mol. The Kier molecular flexibility index (Phi) is 5.01. The first-order valence-electron chi connectivity index (χ1n) is 8.55. The van der Waals surface area contributed by atoms with Crippen molar-refractivity contribution in [3.63, 3.8) is 0 Å². The van der Waals surface area contributed by atoms with Crippen molar-refractivity contribution >= 4 is 22.5 Å². The van der Waals surface area contributed by atoms with Crippen LogP contribution in [0, 0.1) is 18.3 Å². The van der Waals surface area contributed by atoms with E-state index in [1.54, 1.807) is 6.20 Å². The summed E-state index contributed by atoms with van der Waals surface area (Å²) in [6.45, 7) is 6.32. The molecule has 0 atom stereocenters. The number of hydrogen-bond acceptors (Lipinski definition) is 3. The van der Waals surface area contributed by atoms with Crippen molar-refractivity contribution in [1.82, 2.24) is 9.97 Å². The summed E-state index contributed by atoms with van der Waals surface area (Å²) in [7, 11) is 0. The quantitative estimate of drug-likeness (QED) is 0.577. The van der Waals surface area contributed by atoms with E-state index in [0.717, 1.165) is 46.1 Å². The Balaban J connectivity index is 2.51. The van der Waals surface area contributed by atoms with Gasteiger partial charge in [0, 0.05) is 33.4 Å². The Morgan fingerprint density at radius 3 is 2.60 bits per heavy atom. The second-order valence-corrected chi connectivity index (χ2v) is 6.61. The molecule has 0 radical (unpaired) electrons. The zero-order chi connectivity index (χ0) is 18.0. The molecular formula is C21H20ClN3. The molecule has 0 fully saturated rings. The van der Waals surface area contributed by atoms with Crippen LogP contribution in [0.25, 0.3) is 22.0 Å². The van der Waals surface area contributed by atoms with E-state index in [1.807, 2.05) is 37.3 Å². The monoisotopic (exact) mass is 349 g/mol. The lowest BCUT2D eigenvalue weighted by Crippen LogP contribution is -2.05. The van der Waals surface area contributed by atoms with Crippen LogP contribution in [0.15, 0.2) is 36.5 Å². The number of nitriles is 1. The number of rotatable bonds is 4. The molecule has 25 heavy (non-hydrogen) atoms. The highest BCUT2D eigenvalue weighted by Gasteiger charge is 2.23. The number of aromatic nitrogens is 2. The number of nitrogens with zero attached hydrogens (tertiary/aromatic N) is 3. The molecule has 0 aliphatic carbocycles. The van der Waals surface area contributed by atoms with Crippen molar-refractivity contribution in [2.75, 3.05) is 0 Å². The van der Waals surface area contributed by atoms with Gasteiger partial charge in [0.15, 0.2) is 0 Å². The first kappa shape index (κ1) is 17.4. The van der Waals surface area contributed by atoms with Gasteiger partial charge in [-0.15, -0.1) is 0 Å². The van der Waals surface area contributed by atoms with Gasteiger partial charge >= 0.3 is 0 Å². The van der Waals surface area contributed by atoms with Gasteiger partial charge in [0.25, 0.3) is 0 Å². The maximum absolute atomic E-state index is 9.78. The van der Waals surface area contributed by atoms with E-state index in [4.69, 9.17) is 11.6 Å². The molecule has 0 N–H and O–H groups in total. The third-order valence-electron chi connectivity index (χ3n) is 4.76. The summed E-state index contributed by atoms with van der Waals surface area (Å²) >= 11 is 6.28. The topological polar surface area (TPSA) is 49.6 Å². The van der Waals surface area contributed by atoms with Crippen LogP contribution in [0.4, 0.5) is 0 Å². The van der Waals surface area contributed by atoms with Crippen LogP contribution in [-0.2, 0) is 0 Å². The van der Waals surface area contributed by atoms with Crippen molar-refractivity contribution in [3.8, 4) is 17.2 Å². The van der Waals surface area contributed by atoms with E-state index in [-0.39, 0.29) is 0 Å². The van der Waals surface area contributed by atoms with Crippen LogP contribution in [0.1, 0.15) is 49.6 Å². The Bertz CT molecular complexity index is 969. The Hall–Kier alpha value is -2.44. The van der Waals surface area contributed by atoms with E-state index in [1.165, 1.54) is 0 Å². The molecule has 2 aromatic heterocycles. The first-order valence-corrected chi connectivity index (χ1v) is 8.93. The van der Waals surface area contributed by atoms with Crippen LogP contribution < -0.4 is 0 Å². The Morgan fingerprint density at radius 2 is 1.96 bits per heavy atom. The molecule has 4 heteroatoms. The van der Waals surface area contributed by atoms with Crippen LogP contribution in [0.5, 0.6) is 0 Å². The zero-order valence-corrected chi connectivity index (χ0v) is 15.4. The van der Waals surface area contributed by atoms with Gasteiger partial charge in [-0.3, -0.25) is 4.98 Å². The molecule has 0 aliphatic rings. The van der Waals surface area contributed by atoms with Gasteiger partial charge in [-0.25, -0.2) is 4.98 Å². The molecular weight excluding hydrogens is 330 g/mol. The third-order valence-corrected chi connectivity index (χ3v) is 5.00. The number of aryl methyl sites for hydroxylation is 1. The average Bonchev–Trinajstić information content (AvgIpc) is 2.63. The number of fused-ring (bicyclic) bond motifs is 1. The standard InChI is InChI=1S/C21H20ClN3/c1-4-14(5-2)20-17-11-15(22)8-9-18(17)25-19(12-23)21(20)16-7-6-10-24-13(16)3/h6-11,14H,4-5H2,1-3H3. The predicted molar refractivity (Wildman–Crippen MR) is 103 cm³/mol. The predicted octanol–water partition coefficient (Wildman–Crippen LogP) is 6.03. The summed E-state index contributed by atoms with van der Waals surface area (Å²) in [5.41, 5.74) is 5.19. The molecule has 1 aromatic carbocycles. The zero-order valence-electron chi connectivity index (χ0n) is 14.7. The highest BCUT2D eigenvalue weighted by atomic mass is 35.5. The molecule has 0 amide bonds. The number of halogens is 1. The van der Waals surface area contributed by atoms with E-state index >= 15 is 0 Å². The van der Waals surface area contributed by atoms with Crippen molar-refractivity contribution in [1.29, 1.82) is 5.26 Å². The van der Waals surface area contributed by atoms with Gasteiger partial charge in [-0.2, -0.15) is 5.26 Å². The Labute approximate surface area is 153 Å².